The first-order chi connectivity index (χ1) is 7.02. The molecule has 0 bridgehead atoms. The predicted octanol–water partition coefficient (Wildman–Crippen LogP) is 1.08. The van der Waals surface area contributed by atoms with Crippen molar-refractivity contribution in [3.8, 4) is 6.07 Å². The number of aryl methyl sites for hydroxylation is 1. The summed E-state index contributed by atoms with van der Waals surface area (Å²) in [5.41, 5.74) is 0.897. The Morgan fingerprint density at radius 1 is 1.40 bits per heavy atom. The Balaban J connectivity index is 3.31. The third-order valence-electron chi connectivity index (χ3n) is 1.77. The van der Waals surface area contributed by atoms with Gasteiger partial charge in [-0.3, -0.25) is 0 Å². The highest BCUT2D eigenvalue weighted by Crippen LogP contribution is 2.13. The van der Waals surface area contributed by atoms with Gasteiger partial charge in [-0.1, -0.05) is 22.9 Å². The molecule has 0 amide bonds. The molecule has 0 aliphatic heterocycles. The van der Waals surface area contributed by atoms with Crippen LogP contribution in [0.15, 0.2) is 34.3 Å². The fraction of sp³-hybridized carbons (Fsp3) is 0.111. The molecule has 1 aromatic rings. The molecule has 15 heavy (non-hydrogen) atoms. The average Bonchev–Trinajstić information content (AvgIpc) is 2.19. The first-order valence-corrected chi connectivity index (χ1v) is 5.44. The molecule has 78 valence electrons. The molecule has 0 fully saturated rings. The van der Waals surface area contributed by atoms with Gasteiger partial charge in [0.05, 0.1) is 4.90 Å². The zero-order chi connectivity index (χ0) is 11.5. The average molecular weight is 224 g/mol. The quantitative estimate of drug-likeness (QED) is 0.334. The van der Waals surface area contributed by atoms with Crippen LogP contribution in [0.1, 0.15) is 5.56 Å². The molecule has 0 aromatic heterocycles. The number of rotatable bonds is 1. The Kier molecular flexibility index (Phi) is 3.07. The van der Waals surface area contributed by atoms with Crippen molar-refractivity contribution in [1.82, 2.24) is 0 Å². The van der Waals surface area contributed by atoms with Crippen molar-refractivity contribution in [3.05, 3.63) is 29.8 Å². The van der Waals surface area contributed by atoms with Crippen LogP contribution >= 0.6 is 0 Å². The molecule has 0 aliphatic carbocycles. The number of nitriles is 1. The van der Waals surface area contributed by atoms with E-state index < -0.39 is 14.9 Å². The van der Waals surface area contributed by atoms with Crippen molar-refractivity contribution in [3.63, 3.8) is 0 Å². The monoisotopic (exact) mass is 224 g/mol. The van der Waals surface area contributed by atoms with Gasteiger partial charge in [0.25, 0.3) is 5.04 Å². The van der Waals surface area contributed by atoms with Crippen molar-refractivity contribution >= 4 is 14.9 Å². The Morgan fingerprint density at radius 2 is 1.93 bits per heavy atom. The molecule has 1 N–H and O–H groups in total. The van der Waals surface area contributed by atoms with Crippen LogP contribution in [0, 0.1) is 18.3 Å². The lowest BCUT2D eigenvalue weighted by Gasteiger charge is -2.00. The Hall–Kier alpha value is -1.87. The van der Waals surface area contributed by atoms with Gasteiger partial charge < -0.3 is 5.21 Å². The summed E-state index contributed by atoms with van der Waals surface area (Å²) in [6.07, 6.45) is 0. The van der Waals surface area contributed by atoms with Crippen molar-refractivity contribution in [1.29, 1.82) is 5.26 Å². The number of benzene rings is 1. The molecule has 0 heterocycles. The first-order valence-electron chi connectivity index (χ1n) is 3.96. The summed E-state index contributed by atoms with van der Waals surface area (Å²) in [4.78, 5) is -0.0672. The van der Waals surface area contributed by atoms with E-state index in [1.807, 2.05) is 6.92 Å². The van der Waals surface area contributed by atoms with E-state index in [0.29, 0.717) is 0 Å². The number of hydrogen-bond donors (Lipinski definition) is 1. The van der Waals surface area contributed by atoms with E-state index in [1.54, 1.807) is 12.1 Å². The maximum Gasteiger partial charge on any atom is 0.275 e. The van der Waals surface area contributed by atoms with Crippen LogP contribution in [0.25, 0.3) is 0 Å². The van der Waals surface area contributed by atoms with E-state index in [2.05, 4.69) is 5.16 Å². The van der Waals surface area contributed by atoms with Crippen LogP contribution in [-0.4, -0.2) is 18.7 Å². The topological polar surface area (TPSA) is 90.5 Å². The van der Waals surface area contributed by atoms with Gasteiger partial charge in [0.2, 0.25) is 9.84 Å². The van der Waals surface area contributed by atoms with Gasteiger partial charge in [-0.05, 0) is 19.1 Å². The summed E-state index contributed by atoms with van der Waals surface area (Å²) in [5, 5.41) is 18.4. The van der Waals surface area contributed by atoms with Gasteiger partial charge >= 0.3 is 0 Å². The SMILES string of the molecule is Cc1ccc(S(=O)(=O)/C(C#N)=N\O)cc1. The highest BCUT2D eigenvalue weighted by molar-refractivity contribution is 8.07. The van der Waals surface area contributed by atoms with E-state index in [1.165, 1.54) is 18.2 Å². The summed E-state index contributed by atoms with van der Waals surface area (Å²) >= 11 is 0. The molecule has 1 rings (SSSR count). The van der Waals surface area contributed by atoms with Gasteiger partial charge in [-0.25, -0.2) is 8.42 Å². The summed E-state index contributed by atoms with van der Waals surface area (Å²) in [6, 6.07) is 7.22. The normalized spacial score (nSPS) is 12.1. The van der Waals surface area contributed by atoms with E-state index >= 15 is 0 Å². The fourth-order valence-corrected chi connectivity index (χ4v) is 1.91. The van der Waals surface area contributed by atoms with Crippen molar-refractivity contribution in [2.24, 2.45) is 5.16 Å². The van der Waals surface area contributed by atoms with E-state index in [9.17, 15) is 8.42 Å². The summed E-state index contributed by atoms with van der Waals surface area (Å²) in [7, 11) is -3.98. The summed E-state index contributed by atoms with van der Waals surface area (Å²) in [5.74, 6) is 0. The maximum atomic E-state index is 11.6. The number of sulfone groups is 1. The van der Waals surface area contributed by atoms with Crippen LogP contribution in [0.4, 0.5) is 0 Å². The minimum absolute atomic E-state index is 0.0672. The molecule has 0 aliphatic rings. The van der Waals surface area contributed by atoms with E-state index in [-0.39, 0.29) is 4.90 Å². The second-order valence-electron chi connectivity index (χ2n) is 2.83. The lowest BCUT2D eigenvalue weighted by Crippen LogP contribution is -2.13. The van der Waals surface area contributed by atoms with Crippen molar-refractivity contribution in [2.75, 3.05) is 0 Å². The van der Waals surface area contributed by atoms with E-state index in [4.69, 9.17) is 10.5 Å². The van der Waals surface area contributed by atoms with Gasteiger partial charge in [0.1, 0.15) is 6.07 Å². The van der Waals surface area contributed by atoms with Crippen molar-refractivity contribution in [2.45, 2.75) is 11.8 Å². The minimum Gasteiger partial charge on any atom is -0.409 e. The third kappa shape index (κ3) is 2.14. The summed E-state index contributed by atoms with van der Waals surface area (Å²) in [6.45, 7) is 1.81. The number of hydrogen-bond acceptors (Lipinski definition) is 5. The van der Waals surface area contributed by atoms with Crippen LogP contribution < -0.4 is 0 Å². The highest BCUT2D eigenvalue weighted by atomic mass is 32.2. The molecule has 0 unspecified atom stereocenters. The third-order valence-corrected chi connectivity index (χ3v) is 3.35. The standard InChI is InChI=1S/C9H8N2O3S/c1-7-2-4-8(5-3-7)15(13,14)9(6-10)11-12/h2-5,12H,1H3/b11-9-. The molecule has 0 spiro atoms. The van der Waals surface area contributed by atoms with Gasteiger partial charge in [0.15, 0.2) is 0 Å². The van der Waals surface area contributed by atoms with E-state index in [0.717, 1.165) is 5.56 Å². The number of nitrogens with zero attached hydrogens (tertiary/aromatic N) is 2. The smallest absolute Gasteiger partial charge is 0.275 e. The lowest BCUT2D eigenvalue weighted by molar-refractivity contribution is 0.321. The molecule has 0 saturated carbocycles. The van der Waals surface area contributed by atoms with Crippen LogP contribution in [0.5, 0.6) is 0 Å². The Morgan fingerprint density at radius 3 is 2.33 bits per heavy atom. The molecule has 0 saturated heterocycles. The second kappa shape index (κ2) is 4.11. The largest absolute Gasteiger partial charge is 0.409 e. The molecule has 0 radical (unpaired) electrons. The Bertz CT molecular complexity index is 523. The van der Waals surface area contributed by atoms with Gasteiger partial charge in [0, 0.05) is 0 Å². The zero-order valence-electron chi connectivity index (χ0n) is 7.88. The number of oxime groups is 1. The lowest BCUT2D eigenvalue weighted by atomic mass is 10.2. The van der Waals surface area contributed by atoms with Crippen LogP contribution in [0.2, 0.25) is 0 Å². The molecule has 5 nitrogen and oxygen atoms in total. The van der Waals surface area contributed by atoms with Gasteiger partial charge in [-0.2, -0.15) is 5.26 Å². The molecular formula is C9H8N2O3S. The summed E-state index contributed by atoms with van der Waals surface area (Å²) < 4.78 is 23.2. The maximum absolute atomic E-state index is 11.6. The van der Waals surface area contributed by atoms with Crippen molar-refractivity contribution < 1.29 is 13.6 Å². The highest BCUT2D eigenvalue weighted by Gasteiger charge is 2.22. The Labute approximate surface area is 87.2 Å². The minimum atomic E-state index is -3.98. The predicted molar refractivity (Wildman–Crippen MR) is 53.2 cm³/mol. The molecule has 6 heteroatoms. The molecule has 0 atom stereocenters. The molecular weight excluding hydrogens is 216 g/mol. The first kappa shape index (κ1) is 11.2. The molecule has 1 aromatic carbocycles. The zero-order valence-corrected chi connectivity index (χ0v) is 8.69. The fourth-order valence-electron chi connectivity index (χ4n) is 0.965. The van der Waals surface area contributed by atoms with Gasteiger partial charge in [-0.15, -0.1) is 0 Å². The van der Waals surface area contributed by atoms with Crippen LogP contribution in [-0.2, 0) is 9.84 Å². The van der Waals surface area contributed by atoms with Crippen LogP contribution in [0.3, 0.4) is 0 Å². The second-order valence-corrected chi connectivity index (χ2v) is 4.70.